The summed E-state index contributed by atoms with van der Waals surface area (Å²) in [6.45, 7) is 0. The van der Waals surface area contributed by atoms with Gasteiger partial charge < -0.3 is 5.11 Å². The van der Waals surface area contributed by atoms with Crippen molar-refractivity contribution in [2.45, 2.75) is 5.60 Å². The van der Waals surface area contributed by atoms with Gasteiger partial charge in [0.25, 0.3) is 0 Å². The molecular weight excluding hydrogens is 334 g/mol. The molecule has 1 aromatic heterocycles. The van der Waals surface area contributed by atoms with Crippen LogP contribution in [0, 0.1) is 12.0 Å². The monoisotopic (exact) mass is 351 g/mol. The van der Waals surface area contributed by atoms with Crippen molar-refractivity contribution >= 4 is 17.1 Å². The molecule has 1 heterocycles. The van der Waals surface area contributed by atoms with Gasteiger partial charge in [0, 0.05) is 6.04 Å². The molecule has 27 heavy (non-hydrogen) atoms. The summed E-state index contributed by atoms with van der Waals surface area (Å²) in [6, 6.07) is 29.7. The summed E-state index contributed by atoms with van der Waals surface area (Å²) in [6.07, 6.45) is 3.56. The van der Waals surface area contributed by atoms with Crippen LogP contribution < -0.4 is 0 Å². The number of aliphatic hydroxyl groups is 1. The Bertz CT molecular complexity index is 1140. The Balaban J connectivity index is 1.76. The minimum absolute atomic E-state index is 0.689. The van der Waals surface area contributed by atoms with Crippen molar-refractivity contribution in [1.82, 2.24) is 15.0 Å². The van der Waals surface area contributed by atoms with Crippen LogP contribution in [0.3, 0.4) is 0 Å². The first-order chi connectivity index (χ1) is 13.2. The van der Waals surface area contributed by atoms with Crippen LogP contribution in [-0.2, 0) is 5.60 Å². The molecule has 0 bridgehead atoms. The van der Waals surface area contributed by atoms with Crippen LogP contribution >= 0.6 is 0 Å². The van der Waals surface area contributed by atoms with Crippen LogP contribution in [0.4, 0.5) is 0 Å². The summed E-state index contributed by atoms with van der Waals surface area (Å²) in [4.78, 5) is 0. The molecule has 0 radical (unpaired) electrons. The van der Waals surface area contributed by atoms with Gasteiger partial charge in [-0.25, -0.2) is 0 Å². The minimum Gasteiger partial charge on any atom is -0.370 e. The summed E-state index contributed by atoms with van der Waals surface area (Å²) < 4.78 is 1.49. The van der Waals surface area contributed by atoms with Crippen LogP contribution in [0.25, 0.3) is 17.1 Å². The molecule has 0 saturated carbocycles. The van der Waals surface area contributed by atoms with Crippen molar-refractivity contribution in [3.8, 4) is 12.0 Å². The summed E-state index contributed by atoms with van der Waals surface area (Å²) >= 11 is 0. The van der Waals surface area contributed by atoms with E-state index >= 15 is 0 Å². The second-order valence-corrected chi connectivity index (χ2v) is 6.10. The molecule has 0 spiro atoms. The second kappa shape index (κ2) is 7.28. The fraction of sp³-hybridized carbons (Fsp3) is 0.0435. The molecule has 1 atom stereocenters. The maximum absolute atomic E-state index is 11.3. The highest BCUT2D eigenvalue weighted by molar-refractivity contribution is 5.74. The Hall–Kier alpha value is -3.68. The van der Waals surface area contributed by atoms with Gasteiger partial charge in [0.1, 0.15) is 11.0 Å². The number of aromatic nitrogens is 3. The molecule has 1 unspecified atom stereocenters. The Labute approximate surface area is 157 Å². The van der Waals surface area contributed by atoms with E-state index in [1.54, 1.807) is 6.08 Å². The number of hydrogen-bond donors (Lipinski definition) is 1. The average Bonchev–Trinajstić information content (AvgIpc) is 3.15. The maximum atomic E-state index is 11.3. The van der Waals surface area contributed by atoms with Gasteiger partial charge in [-0.2, -0.15) is 4.68 Å². The Morgan fingerprint density at radius 2 is 1.52 bits per heavy atom. The fourth-order valence-electron chi connectivity index (χ4n) is 2.77. The fourth-order valence-corrected chi connectivity index (χ4v) is 2.77. The predicted molar refractivity (Wildman–Crippen MR) is 107 cm³/mol. The first-order valence-electron chi connectivity index (χ1n) is 8.60. The molecule has 0 saturated heterocycles. The van der Waals surface area contributed by atoms with E-state index in [1.807, 2.05) is 91.0 Å². The lowest BCUT2D eigenvalue weighted by Gasteiger charge is -2.18. The average molecular weight is 351 g/mol. The largest absolute Gasteiger partial charge is 0.370 e. The summed E-state index contributed by atoms with van der Waals surface area (Å²) in [5, 5.41) is 19.5. The topological polar surface area (TPSA) is 50.9 Å². The number of hydrogen-bond acceptors (Lipinski definition) is 3. The van der Waals surface area contributed by atoms with E-state index in [4.69, 9.17) is 0 Å². The van der Waals surface area contributed by atoms with Crippen molar-refractivity contribution in [2.75, 3.05) is 0 Å². The first kappa shape index (κ1) is 16.8. The Kier molecular flexibility index (Phi) is 4.52. The third kappa shape index (κ3) is 3.64. The molecule has 130 valence electrons. The SMILES string of the molecule is OC(C#Cn1nnc2ccccc21)(C=Cc1ccccc1)c1ccccc1. The first-order valence-corrected chi connectivity index (χ1v) is 8.60. The van der Waals surface area contributed by atoms with Crippen molar-refractivity contribution in [3.63, 3.8) is 0 Å². The Morgan fingerprint density at radius 3 is 2.30 bits per heavy atom. The van der Waals surface area contributed by atoms with E-state index in [0.29, 0.717) is 5.56 Å². The Morgan fingerprint density at radius 1 is 0.852 bits per heavy atom. The molecule has 0 aliphatic carbocycles. The van der Waals surface area contributed by atoms with E-state index in [0.717, 1.165) is 16.6 Å². The molecule has 0 fully saturated rings. The van der Waals surface area contributed by atoms with E-state index in [9.17, 15) is 5.11 Å². The van der Waals surface area contributed by atoms with Gasteiger partial charge in [0.2, 0.25) is 0 Å². The van der Waals surface area contributed by atoms with Gasteiger partial charge in [-0.05, 0) is 35.3 Å². The van der Waals surface area contributed by atoms with Gasteiger partial charge >= 0.3 is 0 Å². The molecule has 0 aliphatic heterocycles. The number of fused-ring (bicyclic) bond motifs is 1. The third-order valence-electron chi connectivity index (χ3n) is 4.23. The number of para-hydroxylation sites is 1. The predicted octanol–water partition coefficient (Wildman–Crippen LogP) is 3.84. The zero-order chi connectivity index (χ0) is 18.5. The minimum atomic E-state index is -1.45. The molecular formula is C23H17N3O. The van der Waals surface area contributed by atoms with Crippen LogP contribution in [0.15, 0.2) is 91.0 Å². The smallest absolute Gasteiger partial charge is 0.172 e. The van der Waals surface area contributed by atoms with Crippen LogP contribution in [0.1, 0.15) is 11.1 Å². The van der Waals surface area contributed by atoms with E-state index in [1.165, 1.54) is 4.68 Å². The summed E-state index contributed by atoms with van der Waals surface area (Å²) in [5.41, 5.74) is 1.78. The van der Waals surface area contributed by atoms with E-state index < -0.39 is 5.60 Å². The third-order valence-corrected chi connectivity index (χ3v) is 4.23. The van der Waals surface area contributed by atoms with Gasteiger partial charge in [-0.15, -0.1) is 5.10 Å². The standard InChI is InChI=1S/C23H17N3O/c27-23(20-11-5-2-6-12-20,16-15-19-9-3-1-4-10-19)17-18-26-22-14-8-7-13-21(22)24-25-26/h1-16,27H. The van der Waals surface area contributed by atoms with Crippen molar-refractivity contribution in [3.05, 3.63) is 102 Å². The van der Waals surface area contributed by atoms with Gasteiger partial charge in [-0.3, -0.25) is 0 Å². The highest BCUT2D eigenvalue weighted by Gasteiger charge is 2.23. The summed E-state index contributed by atoms with van der Waals surface area (Å²) in [5.74, 6) is 2.96. The lowest BCUT2D eigenvalue weighted by molar-refractivity contribution is 0.155. The highest BCUT2D eigenvalue weighted by Crippen LogP contribution is 2.23. The van der Waals surface area contributed by atoms with Crippen molar-refractivity contribution in [1.29, 1.82) is 0 Å². The molecule has 1 N–H and O–H groups in total. The zero-order valence-corrected chi connectivity index (χ0v) is 14.5. The summed E-state index contributed by atoms with van der Waals surface area (Å²) in [7, 11) is 0. The zero-order valence-electron chi connectivity index (χ0n) is 14.5. The van der Waals surface area contributed by atoms with E-state index in [2.05, 4.69) is 22.3 Å². The van der Waals surface area contributed by atoms with Crippen LogP contribution in [0.2, 0.25) is 0 Å². The van der Waals surface area contributed by atoms with E-state index in [-0.39, 0.29) is 0 Å². The van der Waals surface area contributed by atoms with Gasteiger partial charge in [0.15, 0.2) is 5.60 Å². The van der Waals surface area contributed by atoms with Gasteiger partial charge in [0.05, 0.1) is 0 Å². The number of benzene rings is 3. The molecule has 4 nitrogen and oxygen atoms in total. The molecule has 0 amide bonds. The van der Waals surface area contributed by atoms with Crippen molar-refractivity contribution < 1.29 is 5.11 Å². The second-order valence-electron chi connectivity index (χ2n) is 6.10. The van der Waals surface area contributed by atoms with Gasteiger partial charge in [-0.1, -0.05) is 84.1 Å². The lowest BCUT2D eigenvalue weighted by Crippen LogP contribution is -2.20. The van der Waals surface area contributed by atoms with Crippen LogP contribution in [-0.4, -0.2) is 20.1 Å². The lowest BCUT2D eigenvalue weighted by atomic mass is 9.93. The van der Waals surface area contributed by atoms with Crippen LogP contribution in [0.5, 0.6) is 0 Å². The molecule has 4 aromatic rings. The normalized spacial score (nSPS) is 13.2. The maximum Gasteiger partial charge on any atom is 0.172 e. The quantitative estimate of drug-likeness (QED) is 0.571. The molecule has 4 heteroatoms. The molecule has 0 aliphatic rings. The van der Waals surface area contributed by atoms with Crippen molar-refractivity contribution in [2.24, 2.45) is 0 Å². The molecule has 4 rings (SSSR count). The number of nitrogens with zero attached hydrogens (tertiary/aromatic N) is 3. The number of rotatable bonds is 3. The molecule has 3 aromatic carbocycles. The highest BCUT2D eigenvalue weighted by atomic mass is 16.3.